The standard InChI is InChI=1S/C19H11N7S/c1-2-23-26-11-14(8-22-18(1)26)13-6-15-5-12(9-24-25(15)10-13)17-7-16-19(27-17)21-4-3-20-16/h1-11H. The molecule has 0 spiro atoms. The van der Waals surface area contributed by atoms with Gasteiger partial charge < -0.3 is 0 Å². The number of hydrogen-bond donors (Lipinski definition) is 0. The molecule has 6 aromatic heterocycles. The molecule has 6 aromatic rings. The summed E-state index contributed by atoms with van der Waals surface area (Å²) in [5.41, 5.74) is 5.85. The van der Waals surface area contributed by atoms with Crippen LogP contribution in [0.1, 0.15) is 0 Å². The lowest BCUT2D eigenvalue weighted by atomic mass is 10.2. The maximum atomic E-state index is 4.57. The Balaban J connectivity index is 1.46. The molecule has 128 valence electrons. The van der Waals surface area contributed by atoms with Crippen LogP contribution < -0.4 is 0 Å². The Labute approximate surface area is 156 Å². The molecule has 6 heterocycles. The van der Waals surface area contributed by atoms with Crippen molar-refractivity contribution in [2.24, 2.45) is 0 Å². The van der Waals surface area contributed by atoms with Gasteiger partial charge in [0.2, 0.25) is 0 Å². The zero-order valence-electron chi connectivity index (χ0n) is 13.9. The number of thiophene rings is 1. The van der Waals surface area contributed by atoms with Gasteiger partial charge in [0.25, 0.3) is 0 Å². The van der Waals surface area contributed by atoms with E-state index < -0.39 is 0 Å². The highest BCUT2D eigenvalue weighted by molar-refractivity contribution is 7.21. The van der Waals surface area contributed by atoms with Crippen LogP contribution in [-0.4, -0.2) is 34.2 Å². The van der Waals surface area contributed by atoms with Gasteiger partial charge in [-0.1, -0.05) is 0 Å². The fourth-order valence-electron chi connectivity index (χ4n) is 3.16. The van der Waals surface area contributed by atoms with E-state index in [1.807, 2.05) is 35.4 Å². The number of rotatable bonds is 2. The Morgan fingerprint density at radius 2 is 1.63 bits per heavy atom. The van der Waals surface area contributed by atoms with Gasteiger partial charge >= 0.3 is 0 Å². The molecule has 0 saturated heterocycles. The minimum absolute atomic E-state index is 0.829. The first-order chi connectivity index (χ1) is 13.3. The van der Waals surface area contributed by atoms with Crippen LogP contribution in [0.2, 0.25) is 0 Å². The molecule has 0 aliphatic carbocycles. The summed E-state index contributed by atoms with van der Waals surface area (Å²) in [6.45, 7) is 0. The van der Waals surface area contributed by atoms with E-state index in [9.17, 15) is 0 Å². The van der Waals surface area contributed by atoms with E-state index in [0.717, 1.165) is 43.1 Å². The summed E-state index contributed by atoms with van der Waals surface area (Å²) in [5.74, 6) is 0. The summed E-state index contributed by atoms with van der Waals surface area (Å²) in [6.07, 6.45) is 12.9. The molecule has 27 heavy (non-hydrogen) atoms. The Bertz CT molecular complexity index is 1410. The van der Waals surface area contributed by atoms with Gasteiger partial charge in [-0.25, -0.2) is 19.0 Å². The van der Waals surface area contributed by atoms with Crippen LogP contribution in [0.5, 0.6) is 0 Å². The van der Waals surface area contributed by atoms with Gasteiger partial charge in [-0.3, -0.25) is 4.98 Å². The summed E-state index contributed by atoms with van der Waals surface area (Å²) < 4.78 is 3.64. The maximum Gasteiger partial charge on any atom is 0.154 e. The van der Waals surface area contributed by atoms with Crippen molar-refractivity contribution >= 4 is 32.8 Å². The normalized spacial score (nSPS) is 11.7. The fourth-order valence-corrected chi connectivity index (χ4v) is 4.10. The maximum absolute atomic E-state index is 4.57. The molecule has 0 bridgehead atoms. The predicted molar refractivity (Wildman–Crippen MR) is 104 cm³/mol. The first-order valence-corrected chi connectivity index (χ1v) is 9.14. The number of fused-ring (bicyclic) bond motifs is 3. The molecule has 7 nitrogen and oxygen atoms in total. The van der Waals surface area contributed by atoms with E-state index in [0.29, 0.717) is 0 Å². The first-order valence-electron chi connectivity index (χ1n) is 8.33. The highest BCUT2D eigenvalue weighted by Gasteiger charge is 2.10. The van der Waals surface area contributed by atoms with Gasteiger partial charge in [-0.2, -0.15) is 10.2 Å². The Morgan fingerprint density at radius 3 is 2.59 bits per heavy atom. The summed E-state index contributed by atoms with van der Waals surface area (Å²) in [6, 6.07) is 8.16. The topological polar surface area (TPSA) is 73.3 Å². The number of aromatic nitrogens is 7. The van der Waals surface area contributed by atoms with Crippen LogP contribution >= 0.6 is 11.3 Å². The molecule has 0 aromatic carbocycles. The second-order valence-electron chi connectivity index (χ2n) is 6.18. The molecule has 8 heteroatoms. The highest BCUT2D eigenvalue weighted by atomic mass is 32.1. The van der Waals surface area contributed by atoms with Crippen molar-refractivity contribution in [3.05, 3.63) is 67.6 Å². The van der Waals surface area contributed by atoms with E-state index in [2.05, 4.69) is 43.3 Å². The van der Waals surface area contributed by atoms with Gasteiger partial charge in [-0.15, -0.1) is 11.3 Å². The molecule has 0 amide bonds. The fraction of sp³-hybridized carbons (Fsp3) is 0. The van der Waals surface area contributed by atoms with Gasteiger partial charge in [-0.05, 0) is 18.2 Å². The van der Waals surface area contributed by atoms with Crippen molar-refractivity contribution in [2.75, 3.05) is 0 Å². The lowest BCUT2D eigenvalue weighted by molar-refractivity contribution is 0.936. The van der Waals surface area contributed by atoms with Crippen LogP contribution in [0.25, 0.3) is 43.1 Å². The first kappa shape index (κ1) is 14.5. The van der Waals surface area contributed by atoms with Gasteiger partial charge in [0, 0.05) is 58.6 Å². The Hall–Kier alpha value is -3.65. The van der Waals surface area contributed by atoms with Gasteiger partial charge in [0.05, 0.1) is 17.9 Å². The van der Waals surface area contributed by atoms with Crippen molar-refractivity contribution in [3.8, 4) is 21.6 Å². The zero-order valence-corrected chi connectivity index (χ0v) is 14.7. The third-order valence-corrected chi connectivity index (χ3v) is 5.57. The molecular weight excluding hydrogens is 358 g/mol. The van der Waals surface area contributed by atoms with E-state index >= 15 is 0 Å². The summed E-state index contributed by atoms with van der Waals surface area (Å²) >= 11 is 1.62. The van der Waals surface area contributed by atoms with Crippen LogP contribution in [0.3, 0.4) is 0 Å². The molecule has 0 fully saturated rings. The Morgan fingerprint density at radius 1 is 0.741 bits per heavy atom. The largest absolute Gasteiger partial charge is 0.252 e. The van der Waals surface area contributed by atoms with Crippen LogP contribution in [0.4, 0.5) is 0 Å². The second-order valence-corrected chi connectivity index (χ2v) is 7.21. The van der Waals surface area contributed by atoms with Crippen molar-refractivity contribution < 1.29 is 0 Å². The third kappa shape index (κ3) is 2.31. The smallest absolute Gasteiger partial charge is 0.154 e. The monoisotopic (exact) mass is 369 g/mol. The van der Waals surface area contributed by atoms with E-state index in [4.69, 9.17) is 0 Å². The predicted octanol–water partition coefficient (Wildman–Crippen LogP) is 3.72. The molecule has 0 radical (unpaired) electrons. The molecule has 6 rings (SSSR count). The molecular formula is C19H11N7S. The lowest BCUT2D eigenvalue weighted by Crippen LogP contribution is -1.90. The SMILES string of the molecule is c1cnc2sc(-c3cnn4cc(-c5cnc6ccnn6c5)cc4c3)cc2n1. The zero-order chi connectivity index (χ0) is 17.8. The molecule has 0 N–H and O–H groups in total. The van der Waals surface area contributed by atoms with E-state index in [1.165, 1.54) is 0 Å². The quantitative estimate of drug-likeness (QED) is 0.465. The van der Waals surface area contributed by atoms with E-state index in [-0.39, 0.29) is 0 Å². The molecule has 0 aliphatic heterocycles. The highest BCUT2D eigenvalue weighted by Crippen LogP contribution is 2.32. The number of hydrogen-bond acceptors (Lipinski definition) is 6. The van der Waals surface area contributed by atoms with Crippen LogP contribution in [-0.2, 0) is 0 Å². The minimum Gasteiger partial charge on any atom is -0.252 e. The van der Waals surface area contributed by atoms with Gasteiger partial charge in [0.15, 0.2) is 5.65 Å². The molecule has 0 saturated carbocycles. The average Bonchev–Trinajstić information content (AvgIpc) is 3.42. The molecule has 0 unspecified atom stereocenters. The summed E-state index contributed by atoms with van der Waals surface area (Å²) in [4.78, 5) is 15.2. The molecule has 0 atom stereocenters. The van der Waals surface area contributed by atoms with Crippen LogP contribution in [0, 0.1) is 0 Å². The summed E-state index contributed by atoms with van der Waals surface area (Å²) in [7, 11) is 0. The van der Waals surface area contributed by atoms with Crippen LogP contribution in [0.15, 0.2) is 67.6 Å². The van der Waals surface area contributed by atoms with E-state index in [1.54, 1.807) is 34.4 Å². The second kappa shape index (κ2) is 5.42. The summed E-state index contributed by atoms with van der Waals surface area (Å²) in [5, 5.41) is 8.82. The number of nitrogens with zero attached hydrogens (tertiary/aromatic N) is 7. The van der Waals surface area contributed by atoms with Crippen molar-refractivity contribution in [3.63, 3.8) is 0 Å². The van der Waals surface area contributed by atoms with Crippen molar-refractivity contribution in [1.82, 2.24) is 34.2 Å². The van der Waals surface area contributed by atoms with Crippen molar-refractivity contribution in [2.45, 2.75) is 0 Å². The third-order valence-electron chi connectivity index (χ3n) is 4.48. The lowest BCUT2D eigenvalue weighted by Gasteiger charge is -1.98. The van der Waals surface area contributed by atoms with Gasteiger partial charge in [0.1, 0.15) is 10.3 Å². The van der Waals surface area contributed by atoms with Crippen molar-refractivity contribution in [1.29, 1.82) is 0 Å². The average molecular weight is 369 g/mol. The minimum atomic E-state index is 0.829. The molecule has 0 aliphatic rings. The Kier molecular flexibility index (Phi) is 2.91.